The van der Waals surface area contributed by atoms with E-state index in [0.717, 1.165) is 12.8 Å². The van der Waals surface area contributed by atoms with E-state index >= 15 is 0 Å². The van der Waals surface area contributed by atoms with Crippen molar-refractivity contribution in [3.05, 3.63) is 23.5 Å². The van der Waals surface area contributed by atoms with Crippen LogP contribution in [-0.2, 0) is 6.42 Å². The van der Waals surface area contributed by atoms with Gasteiger partial charge in [0.25, 0.3) is 0 Å². The minimum Gasteiger partial charge on any atom is -0.348 e. The van der Waals surface area contributed by atoms with E-state index < -0.39 is 0 Å². The van der Waals surface area contributed by atoms with E-state index in [-0.39, 0.29) is 6.04 Å². The first kappa shape index (κ1) is 12.7. The molecule has 0 aliphatic heterocycles. The molecular formula is C15H26N2. The number of fused-ring (bicyclic) bond motifs is 1. The van der Waals surface area contributed by atoms with Crippen LogP contribution < -0.4 is 5.73 Å². The third-order valence-corrected chi connectivity index (χ3v) is 4.06. The third kappa shape index (κ3) is 2.42. The van der Waals surface area contributed by atoms with Crippen LogP contribution in [-0.4, -0.2) is 4.57 Å². The number of aromatic nitrogens is 1. The van der Waals surface area contributed by atoms with Crippen LogP contribution >= 0.6 is 0 Å². The second kappa shape index (κ2) is 4.49. The molecule has 0 saturated heterocycles. The topological polar surface area (TPSA) is 30.9 Å². The largest absolute Gasteiger partial charge is 0.348 e. The number of nitrogens with zero attached hydrogens (tertiary/aromatic N) is 1. The molecule has 0 saturated carbocycles. The highest BCUT2D eigenvalue weighted by atomic mass is 15.0. The van der Waals surface area contributed by atoms with Gasteiger partial charge < -0.3 is 10.3 Å². The third-order valence-electron chi connectivity index (χ3n) is 4.06. The average Bonchev–Trinajstić information content (AvgIpc) is 2.59. The molecule has 0 bridgehead atoms. The Balaban J connectivity index is 2.33. The van der Waals surface area contributed by atoms with Crippen molar-refractivity contribution in [1.29, 1.82) is 0 Å². The molecule has 0 radical (unpaired) electrons. The van der Waals surface area contributed by atoms with Crippen molar-refractivity contribution in [1.82, 2.24) is 4.57 Å². The van der Waals surface area contributed by atoms with Gasteiger partial charge in [-0.05, 0) is 43.2 Å². The highest BCUT2D eigenvalue weighted by Crippen LogP contribution is 2.41. The molecule has 2 nitrogen and oxygen atoms in total. The van der Waals surface area contributed by atoms with Crippen LogP contribution in [0.25, 0.3) is 0 Å². The molecule has 1 aromatic rings. The van der Waals surface area contributed by atoms with E-state index in [9.17, 15) is 0 Å². The maximum atomic E-state index is 6.30. The van der Waals surface area contributed by atoms with Crippen molar-refractivity contribution in [2.75, 3.05) is 0 Å². The summed E-state index contributed by atoms with van der Waals surface area (Å²) in [7, 11) is 0. The Morgan fingerprint density at radius 1 is 1.53 bits per heavy atom. The molecule has 1 aliphatic carbocycles. The lowest BCUT2D eigenvalue weighted by Gasteiger charge is -2.35. The van der Waals surface area contributed by atoms with Crippen LogP contribution in [0, 0.1) is 5.41 Å². The first-order valence-electron chi connectivity index (χ1n) is 6.90. The Labute approximate surface area is 105 Å². The second-order valence-electron chi connectivity index (χ2n) is 6.41. The summed E-state index contributed by atoms with van der Waals surface area (Å²) in [6.45, 7) is 9.23. The zero-order chi connectivity index (χ0) is 12.6. The lowest BCUT2D eigenvalue weighted by atomic mass is 9.74. The lowest BCUT2D eigenvalue weighted by molar-refractivity contribution is 0.271. The summed E-state index contributed by atoms with van der Waals surface area (Å²) in [5.41, 5.74) is 9.50. The molecule has 1 heterocycles. The van der Waals surface area contributed by atoms with E-state index in [0.29, 0.717) is 11.5 Å². The van der Waals surface area contributed by atoms with Crippen LogP contribution in [0.3, 0.4) is 0 Å². The molecule has 17 heavy (non-hydrogen) atoms. The minimum atomic E-state index is 0.226. The van der Waals surface area contributed by atoms with Gasteiger partial charge in [-0.1, -0.05) is 27.2 Å². The van der Waals surface area contributed by atoms with Crippen molar-refractivity contribution in [3.63, 3.8) is 0 Å². The van der Waals surface area contributed by atoms with E-state index in [1.165, 1.54) is 24.1 Å². The summed E-state index contributed by atoms with van der Waals surface area (Å²) in [5.74, 6) is 0. The Bertz CT molecular complexity index is 390. The zero-order valence-electron chi connectivity index (χ0n) is 11.7. The van der Waals surface area contributed by atoms with Crippen molar-refractivity contribution in [2.24, 2.45) is 11.1 Å². The molecule has 0 fully saturated rings. The normalized spacial score (nSPS) is 24.4. The van der Waals surface area contributed by atoms with E-state index in [1.54, 1.807) is 0 Å². The Kier molecular flexibility index (Phi) is 3.35. The maximum Gasteiger partial charge on any atom is 0.0318 e. The van der Waals surface area contributed by atoms with Crippen molar-refractivity contribution in [3.8, 4) is 0 Å². The highest BCUT2D eigenvalue weighted by molar-refractivity contribution is 5.30. The zero-order valence-corrected chi connectivity index (χ0v) is 11.7. The first-order chi connectivity index (χ1) is 7.94. The Morgan fingerprint density at radius 2 is 2.24 bits per heavy atom. The molecule has 1 aromatic heterocycles. The summed E-state index contributed by atoms with van der Waals surface area (Å²) >= 11 is 0. The summed E-state index contributed by atoms with van der Waals surface area (Å²) in [6.07, 6.45) is 7.00. The van der Waals surface area contributed by atoms with Gasteiger partial charge in [0.15, 0.2) is 0 Å². The highest BCUT2D eigenvalue weighted by Gasteiger charge is 2.32. The van der Waals surface area contributed by atoms with Crippen LogP contribution in [0.1, 0.15) is 70.3 Å². The number of nitrogens with two attached hydrogens (primary N) is 1. The molecule has 2 unspecified atom stereocenters. The van der Waals surface area contributed by atoms with Gasteiger partial charge in [0.1, 0.15) is 0 Å². The maximum absolute atomic E-state index is 6.30. The minimum absolute atomic E-state index is 0.226. The predicted molar refractivity (Wildman–Crippen MR) is 73.1 cm³/mol. The first-order valence-corrected chi connectivity index (χ1v) is 6.90. The predicted octanol–water partition coefficient (Wildman–Crippen LogP) is 3.82. The summed E-state index contributed by atoms with van der Waals surface area (Å²) < 4.78 is 2.46. The number of hydrogen-bond donors (Lipinski definition) is 1. The van der Waals surface area contributed by atoms with Gasteiger partial charge in [0, 0.05) is 24.0 Å². The molecule has 2 N–H and O–H groups in total. The standard InChI is InChI=1S/C15H26N2/c1-5-6-11(2)17-8-7-12-13(16)9-15(3,4)10-14(12)17/h7-8,11,13H,5-6,9-10,16H2,1-4H3. The summed E-state index contributed by atoms with van der Waals surface area (Å²) in [4.78, 5) is 0. The smallest absolute Gasteiger partial charge is 0.0318 e. The number of rotatable bonds is 3. The SMILES string of the molecule is CCCC(C)n1ccc2c1CC(C)(C)CC2N. The molecule has 96 valence electrons. The van der Waals surface area contributed by atoms with Crippen molar-refractivity contribution >= 4 is 0 Å². The quantitative estimate of drug-likeness (QED) is 0.847. The lowest BCUT2D eigenvalue weighted by Crippen LogP contribution is -2.30. The Hall–Kier alpha value is -0.760. The molecule has 0 amide bonds. The molecule has 2 heteroatoms. The van der Waals surface area contributed by atoms with Gasteiger partial charge >= 0.3 is 0 Å². The fourth-order valence-corrected chi connectivity index (χ4v) is 3.23. The van der Waals surface area contributed by atoms with Gasteiger partial charge in [0.2, 0.25) is 0 Å². The monoisotopic (exact) mass is 234 g/mol. The fraction of sp³-hybridized carbons (Fsp3) is 0.733. The second-order valence-corrected chi connectivity index (χ2v) is 6.41. The van der Waals surface area contributed by atoms with Crippen molar-refractivity contribution in [2.45, 2.75) is 65.5 Å². The molecular weight excluding hydrogens is 208 g/mol. The molecule has 2 atom stereocenters. The molecule has 0 spiro atoms. The van der Waals surface area contributed by atoms with E-state index in [4.69, 9.17) is 5.73 Å². The summed E-state index contributed by atoms with van der Waals surface area (Å²) in [5, 5.41) is 0. The molecule has 2 rings (SSSR count). The van der Waals surface area contributed by atoms with Gasteiger partial charge in [-0.15, -0.1) is 0 Å². The van der Waals surface area contributed by atoms with Crippen molar-refractivity contribution < 1.29 is 0 Å². The van der Waals surface area contributed by atoms with Crippen LogP contribution in [0.5, 0.6) is 0 Å². The van der Waals surface area contributed by atoms with Crippen LogP contribution in [0.2, 0.25) is 0 Å². The van der Waals surface area contributed by atoms with Gasteiger partial charge in [0.05, 0.1) is 0 Å². The fourth-order valence-electron chi connectivity index (χ4n) is 3.23. The van der Waals surface area contributed by atoms with Crippen LogP contribution in [0.4, 0.5) is 0 Å². The molecule has 0 aromatic carbocycles. The van der Waals surface area contributed by atoms with E-state index in [1.807, 2.05) is 0 Å². The van der Waals surface area contributed by atoms with Gasteiger partial charge in [-0.2, -0.15) is 0 Å². The van der Waals surface area contributed by atoms with Gasteiger partial charge in [-0.3, -0.25) is 0 Å². The average molecular weight is 234 g/mol. The Morgan fingerprint density at radius 3 is 2.88 bits per heavy atom. The summed E-state index contributed by atoms with van der Waals surface area (Å²) in [6, 6.07) is 3.06. The van der Waals surface area contributed by atoms with Gasteiger partial charge in [-0.25, -0.2) is 0 Å². The van der Waals surface area contributed by atoms with E-state index in [2.05, 4.69) is 44.5 Å². The number of hydrogen-bond acceptors (Lipinski definition) is 1. The van der Waals surface area contributed by atoms with Crippen LogP contribution in [0.15, 0.2) is 12.3 Å². The molecule has 1 aliphatic rings.